The molecule has 144 valence electrons. The SMILES string of the molecule is O=C(CN1CCCCC1)N1CCCC1c1ncc(Cc2cccc(Cl)c2)o1. The zero-order valence-electron chi connectivity index (χ0n) is 15.6. The molecule has 6 heteroatoms. The maximum absolute atomic E-state index is 12.8. The van der Waals surface area contributed by atoms with E-state index in [1.165, 1.54) is 19.3 Å². The van der Waals surface area contributed by atoms with Crippen molar-refractivity contribution in [2.24, 2.45) is 0 Å². The number of likely N-dealkylation sites (tertiary alicyclic amines) is 2. The molecule has 1 aromatic heterocycles. The third kappa shape index (κ3) is 4.53. The van der Waals surface area contributed by atoms with Gasteiger partial charge in [-0.05, 0) is 56.5 Å². The van der Waals surface area contributed by atoms with Crippen molar-refractivity contribution in [3.05, 3.63) is 52.7 Å². The topological polar surface area (TPSA) is 49.6 Å². The van der Waals surface area contributed by atoms with Crippen molar-refractivity contribution in [1.82, 2.24) is 14.8 Å². The smallest absolute Gasteiger partial charge is 0.237 e. The van der Waals surface area contributed by atoms with Crippen LogP contribution in [0, 0.1) is 0 Å². The van der Waals surface area contributed by atoms with E-state index >= 15 is 0 Å². The Morgan fingerprint density at radius 1 is 1.19 bits per heavy atom. The molecule has 4 rings (SSSR count). The van der Waals surface area contributed by atoms with Crippen molar-refractivity contribution >= 4 is 17.5 Å². The lowest BCUT2D eigenvalue weighted by Crippen LogP contribution is -2.42. The summed E-state index contributed by atoms with van der Waals surface area (Å²) in [5.74, 6) is 1.67. The molecule has 2 aromatic rings. The standard InChI is InChI=1S/C21H26ClN3O2/c22-17-7-4-6-16(12-17)13-18-14-23-21(27-18)19-8-5-11-25(19)20(26)15-24-9-2-1-3-10-24/h4,6-7,12,14,19H,1-3,5,8-11,13,15H2. The van der Waals surface area contributed by atoms with Gasteiger partial charge in [0.05, 0.1) is 12.7 Å². The molecule has 27 heavy (non-hydrogen) atoms. The molecule has 0 bridgehead atoms. The second-order valence-corrected chi connectivity index (χ2v) is 7.99. The van der Waals surface area contributed by atoms with Gasteiger partial charge in [-0.15, -0.1) is 0 Å². The van der Waals surface area contributed by atoms with E-state index in [0.29, 0.717) is 18.9 Å². The quantitative estimate of drug-likeness (QED) is 0.776. The van der Waals surface area contributed by atoms with E-state index in [9.17, 15) is 4.79 Å². The monoisotopic (exact) mass is 387 g/mol. The van der Waals surface area contributed by atoms with E-state index in [1.54, 1.807) is 6.20 Å². The first-order chi connectivity index (χ1) is 13.2. The fourth-order valence-electron chi connectivity index (χ4n) is 4.13. The number of nitrogens with zero attached hydrogens (tertiary/aromatic N) is 3. The molecule has 3 heterocycles. The van der Waals surface area contributed by atoms with Crippen molar-refractivity contribution in [3.8, 4) is 0 Å². The van der Waals surface area contributed by atoms with Crippen LogP contribution in [0.25, 0.3) is 0 Å². The summed E-state index contributed by atoms with van der Waals surface area (Å²) in [6.07, 6.45) is 8.03. The number of halogens is 1. The van der Waals surface area contributed by atoms with Crippen LogP contribution >= 0.6 is 11.6 Å². The van der Waals surface area contributed by atoms with Crippen LogP contribution in [0.2, 0.25) is 5.02 Å². The summed E-state index contributed by atoms with van der Waals surface area (Å²) in [5.41, 5.74) is 1.09. The second-order valence-electron chi connectivity index (χ2n) is 7.55. The van der Waals surface area contributed by atoms with E-state index in [-0.39, 0.29) is 11.9 Å². The number of oxazole rings is 1. The summed E-state index contributed by atoms with van der Waals surface area (Å²) in [4.78, 5) is 21.6. The number of carbonyl (C=O) groups is 1. The fraction of sp³-hybridized carbons (Fsp3) is 0.524. The van der Waals surface area contributed by atoms with Crippen molar-refractivity contribution < 1.29 is 9.21 Å². The second kappa shape index (κ2) is 8.44. The van der Waals surface area contributed by atoms with Gasteiger partial charge in [0, 0.05) is 18.0 Å². The van der Waals surface area contributed by atoms with E-state index in [0.717, 1.165) is 48.8 Å². The Morgan fingerprint density at radius 2 is 2.04 bits per heavy atom. The van der Waals surface area contributed by atoms with Crippen LogP contribution in [-0.4, -0.2) is 46.9 Å². The lowest BCUT2D eigenvalue weighted by atomic mass is 10.1. The fourth-order valence-corrected chi connectivity index (χ4v) is 4.34. The van der Waals surface area contributed by atoms with Gasteiger partial charge in [-0.2, -0.15) is 0 Å². The predicted octanol–water partition coefficient (Wildman–Crippen LogP) is 4.07. The molecule has 2 aliphatic rings. The summed E-state index contributed by atoms with van der Waals surface area (Å²) >= 11 is 6.06. The Labute approximate surface area is 165 Å². The molecule has 1 amide bonds. The van der Waals surface area contributed by atoms with Crippen LogP contribution in [0.4, 0.5) is 0 Å². The third-order valence-corrected chi connectivity index (χ3v) is 5.74. The lowest BCUT2D eigenvalue weighted by Gasteiger charge is -2.29. The highest BCUT2D eigenvalue weighted by molar-refractivity contribution is 6.30. The third-order valence-electron chi connectivity index (χ3n) is 5.50. The first-order valence-corrected chi connectivity index (χ1v) is 10.3. The Bertz CT molecular complexity index is 785. The predicted molar refractivity (Wildman–Crippen MR) is 105 cm³/mol. The summed E-state index contributed by atoms with van der Waals surface area (Å²) < 4.78 is 6.02. The van der Waals surface area contributed by atoms with Gasteiger partial charge in [-0.25, -0.2) is 4.98 Å². The highest BCUT2D eigenvalue weighted by Crippen LogP contribution is 2.32. The lowest BCUT2D eigenvalue weighted by molar-refractivity contribution is -0.134. The molecule has 2 aliphatic heterocycles. The molecule has 1 unspecified atom stereocenters. The number of rotatable bonds is 5. The highest BCUT2D eigenvalue weighted by atomic mass is 35.5. The molecule has 0 spiro atoms. The largest absolute Gasteiger partial charge is 0.443 e. The number of piperidine rings is 1. The summed E-state index contributed by atoms with van der Waals surface area (Å²) in [6, 6.07) is 7.73. The molecule has 0 N–H and O–H groups in total. The molecule has 0 aliphatic carbocycles. The van der Waals surface area contributed by atoms with Gasteiger partial charge in [-0.3, -0.25) is 9.69 Å². The molecular formula is C21H26ClN3O2. The van der Waals surface area contributed by atoms with Gasteiger partial charge in [0.15, 0.2) is 0 Å². The summed E-state index contributed by atoms with van der Waals surface area (Å²) in [7, 11) is 0. The minimum absolute atomic E-state index is 0.0320. The van der Waals surface area contributed by atoms with E-state index in [4.69, 9.17) is 16.0 Å². The van der Waals surface area contributed by atoms with Gasteiger partial charge in [0.25, 0.3) is 0 Å². The first-order valence-electron chi connectivity index (χ1n) is 9.90. The molecule has 5 nitrogen and oxygen atoms in total. The number of carbonyl (C=O) groups excluding carboxylic acids is 1. The maximum Gasteiger partial charge on any atom is 0.237 e. The van der Waals surface area contributed by atoms with Crippen LogP contribution in [0.3, 0.4) is 0 Å². The molecule has 1 aromatic carbocycles. The van der Waals surface area contributed by atoms with Crippen LogP contribution in [0.1, 0.15) is 55.4 Å². The zero-order chi connectivity index (χ0) is 18.6. The normalized spacial score (nSPS) is 20.9. The summed E-state index contributed by atoms with van der Waals surface area (Å²) in [6.45, 7) is 3.38. The van der Waals surface area contributed by atoms with Gasteiger partial charge < -0.3 is 9.32 Å². The van der Waals surface area contributed by atoms with Crippen LogP contribution in [0.5, 0.6) is 0 Å². The average Bonchev–Trinajstić information content (AvgIpc) is 3.31. The van der Waals surface area contributed by atoms with Crippen molar-refractivity contribution in [3.63, 3.8) is 0 Å². The van der Waals surface area contributed by atoms with E-state index in [1.807, 2.05) is 29.2 Å². The number of amides is 1. The molecule has 0 saturated carbocycles. The highest BCUT2D eigenvalue weighted by Gasteiger charge is 2.34. The van der Waals surface area contributed by atoms with Crippen molar-refractivity contribution in [1.29, 1.82) is 0 Å². The summed E-state index contributed by atoms with van der Waals surface area (Å²) in [5, 5.41) is 0.720. The molecule has 1 atom stereocenters. The minimum Gasteiger partial charge on any atom is -0.443 e. The van der Waals surface area contributed by atoms with Crippen molar-refractivity contribution in [2.45, 2.75) is 44.6 Å². The number of aromatic nitrogens is 1. The van der Waals surface area contributed by atoms with Gasteiger partial charge in [0.1, 0.15) is 11.8 Å². The van der Waals surface area contributed by atoms with Gasteiger partial charge in [-0.1, -0.05) is 30.2 Å². The Morgan fingerprint density at radius 3 is 2.85 bits per heavy atom. The Balaban J connectivity index is 1.41. The first kappa shape index (κ1) is 18.5. The Kier molecular flexibility index (Phi) is 5.79. The Hall–Kier alpha value is -1.85. The van der Waals surface area contributed by atoms with Crippen LogP contribution in [0.15, 0.2) is 34.9 Å². The maximum atomic E-state index is 12.8. The molecular weight excluding hydrogens is 362 g/mol. The van der Waals surface area contributed by atoms with E-state index < -0.39 is 0 Å². The zero-order valence-corrected chi connectivity index (χ0v) is 16.3. The van der Waals surface area contributed by atoms with E-state index in [2.05, 4.69) is 9.88 Å². The van der Waals surface area contributed by atoms with Crippen molar-refractivity contribution in [2.75, 3.05) is 26.2 Å². The molecule has 0 radical (unpaired) electrons. The van der Waals surface area contributed by atoms with Crippen LogP contribution in [-0.2, 0) is 11.2 Å². The number of hydrogen-bond donors (Lipinski definition) is 0. The van der Waals surface area contributed by atoms with Gasteiger partial charge in [0.2, 0.25) is 11.8 Å². The number of hydrogen-bond acceptors (Lipinski definition) is 4. The average molecular weight is 388 g/mol. The number of benzene rings is 1. The minimum atomic E-state index is -0.0320. The van der Waals surface area contributed by atoms with Crippen LogP contribution < -0.4 is 0 Å². The molecule has 2 saturated heterocycles. The van der Waals surface area contributed by atoms with Gasteiger partial charge >= 0.3 is 0 Å². The molecule has 2 fully saturated rings.